The van der Waals surface area contributed by atoms with Crippen LogP contribution in [0.5, 0.6) is 0 Å². The van der Waals surface area contributed by atoms with E-state index in [1.165, 1.54) is 11.7 Å². The monoisotopic (exact) mass is 194 g/mol. The molecule has 0 aliphatic heterocycles. The van der Waals surface area contributed by atoms with Crippen LogP contribution in [0, 0.1) is 5.92 Å². The zero-order chi connectivity index (χ0) is 7.28. The third-order valence-corrected chi connectivity index (χ3v) is 3.53. The molecule has 0 aromatic heterocycles. The van der Waals surface area contributed by atoms with Gasteiger partial charge in [0.05, 0.1) is 0 Å². The van der Waals surface area contributed by atoms with Crippen molar-refractivity contribution in [2.24, 2.45) is 5.92 Å². The van der Waals surface area contributed by atoms with Crippen molar-refractivity contribution >= 4 is 15.0 Å². The zero-order valence-corrected chi connectivity index (χ0v) is 8.69. The van der Waals surface area contributed by atoms with E-state index in [-0.39, 0.29) is 0 Å². The number of hydrogen-bond donors (Lipinski definition) is 0. The second-order valence-corrected chi connectivity index (χ2v) is 6.64. The first-order valence-corrected chi connectivity index (χ1v) is 5.94. The summed E-state index contributed by atoms with van der Waals surface area (Å²) in [4.78, 5) is 0.955. The molecule has 56 valence electrons. The molecule has 0 bridgehead atoms. The Morgan fingerprint density at radius 2 is 1.67 bits per heavy atom. The summed E-state index contributed by atoms with van der Waals surface area (Å²) < 4.78 is 0. The Morgan fingerprint density at radius 1 is 1.11 bits per heavy atom. The van der Waals surface area contributed by atoms with Crippen LogP contribution in [0.15, 0.2) is 0 Å². The van der Waals surface area contributed by atoms with Crippen LogP contribution in [-0.2, 0) is 0 Å². The van der Waals surface area contributed by atoms with Crippen LogP contribution in [0.1, 0.15) is 34.1 Å². The van der Waals surface area contributed by atoms with Gasteiger partial charge in [-0.05, 0) is 0 Å². The molecule has 0 nitrogen and oxygen atoms in total. The molecule has 0 radical (unpaired) electrons. The Kier molecular flexibility index (Phi) is 5.62. The van der Waals surface area contributed by atoms with Gasteiger partial charge in [0.2, 0.25) is 0 Å². The van der Waals surface area contributed by atoms with Crippen molar-refractivity contribution in [1.29, 1.82) is 0 Å². The molecular formula is C8H18Se. The average Bonchev–Trinajstić information content (AvgIpc) is 1.63. The molecule has 1 heteroatoms. The fourth-order valence-electron chi connectivity index (χ4n) is 0.539. The van der Waals surface area contributed by atoms with Gasteiger partial charge in [0.1, 0.15) is 0 Å². The Morgan fingerprint density at radius 3 is 2.00 bits per heavy atom. The van der Waals surface area contributed by atoms with Crippen molar-refractivity contribution < 1.29 is 0 Å². The molecular weight excluding hydrogens is 175 g/mol. The van der Waals surface area contributed by atoms with Crippen LogP contribution in [-0.4, -0.2) is 15.0 Å². The second kappa shape index (κ2) is 5.32. The van der Waals surface area contributed by atoms with Crippen LogP contribution in [0.2, 0.25) is 10.1 Å². The molecule has 0 atom stereocenters. The average molecular weight is 193 g/mol. The van der Waals surface area contributed by atoms with Gasteiger partial charge in [-0.25, -0.2) is 0 Å². The van der Waals surface area contributed by atoms with Crippen LogP contribution in [0.3, 0.4) is 0 Å². The maximum absolute atomic E-state index is 2.32. The Bertz CT molecular complexity index is 49.6. The van der Waals surface area contributed by atoms with E-state index >= 15 is 0 Å². The van der Waals surface area contributed by atoms with Crippen molar-refractivity contribution in [3.05, 3.63) is 0 Å². The van der Waals surface area contributed by atoms with Crippen molar-refractivity contribution in [3.63, 3.8) is 0 Å². The molecule has 0 heterocycles. The van der Waals surface area contributed by atoms with E-state index < -0.39 is 0 Å². The molecule has 0 fully saturated rings. The van der Waals surface area contributed by atoms with E-state index in [0.29, 0.717) is 0 Å². The summed E-state index contributed by atoms with van der Waals surface area (Å²) in [7, 11) is 0. The first kappa shape index (κ1) is 9.52. The predicted octanol–water partition coefficient (Wildman–Crippen LogP) is 2.98. The molecule has 0 aromatic rings. The summed E-state index contributed by atoms with van der Waals surface area (Å²) >= 11 is 0.907. The Balaban J connectivity index is 2.91. The van der Waals surface area contributed by atoms with E-state index in [9.17, 15) is 0 Å². The molecule has 0 aromatic carbocycles. The Labute approximate surface area is 65.6 Å². The number of hydrogen-bond acceptors (Lipinski definition) is 0. The predicted molar refractivity (Wildman–Crippen MR) is 45.1 cm³/mol. The molecule has 0 saturated carbocycles. The summed E-state index contributed by atoms with van der Waals surface area (Å²) in [6.07, 6.45) is 1.43. The fraction of sp³-hybridized carbons (Fsp3) is 1.00. The summed E-state index contributed by atoms with van der Waals surface area (Å²) in [6.45, 7) is 9.24. The quantitative estimate of drug-likeness (QED) is 0.602. The van der Waals surface area contributed by atoms with Gasteiger partial charge in [0.15, 0.2) is 0 Å². The molecule has 0 N–H and O–H groups in total. The van der Waals surface area contributed by atoms with E-state index in [1.807, 2.05) is 0 Å². The van der Waals surface area contributed by atoms with Crippen LogP contribution in [0.4, 0.5) is 0 Å². The van der Waals surface area contributed by atoms with Gasteiger partial charge in [0.25, 0.3) is 0 Å². The Hall–Kier alpha value is 0.519. The van der Waals surface area contributed by atoms with Gasteiger partial charge >= 0.3 is 65.1 Å². The molecule has 0 aliphatic carbocycles. The minimum atomic E-state index is 0.907. The SMILES string of the molecule is CC(C)CC[Se]C(C)C. The summed E-state index contributed by atoms with van der Waals surface area (Å²) in [5, 5.41) is 1.47. The van der Waals surface area contributed by atoms with E-state index in [1.54, 1.807) is 0 Å². The van der Waals surface area contributed by atoms with E-state index in [0.717, 1.165) is 25.7 Å². The molecule has 0 unspecified atom stereocenters. The van der Waals surface area contributed by atoms with Crippen molar-refractivity contribution in [2.45, 2.75) is 44.3 Å². The third kappa shape index (κ3) is 8.52. The molecule has 0 amide bonds. The standard InChI is InChI=1S/C8H18Se/c1-7(2)5-6-9-8(3)4/h7-8H,5-6H2,1-4H3. The molecule has 0 rings (SSSR count). The van der Waals surface area contributed by atoms with Gasteiger partial charge in [0, 0.05) is 0 Å². The second-order valence-electron chi connectivity index (χ2n) is 3.10. The van der Waals surface area contributed by atoms with Crippen molar-refractivity contribution in [3.8, 4) is 0 Å². The van der Waals surface area contributed by atoms with Gasteiger partial charge in [-0.2, -0.15) is 0 Å². The van der Waals surface area contributed by atoms with Gasteiger partial charge in [-0.15, -0.1) is 0 Å². The first-order valence-electron chi connectivity index (χ1n) is 3.74. The summed E-state index contributed by atoms with van der Waals surface area (Å²) in [5.41, 5.74) is 0. The molecule has 0 aliphatic rings. The van der Waals surface area contributed by atoms with Gasteiger partial charge in [-0.3, -0.25) is 0 Å². The van der Waals surface area contributed by atoms with Crippen LogP contribution in [0.25, 0.3) is 0 Å². The van der Waals surface area contributed by atoms with Crippen LogP contribution >= 0.6 is 0 Å². The van der Waals surface area contributed by atoms with Gasteiger partial charge < -0.3 is 0 Å². The van der Waals surface area contributed by atoms with E-state index in [2.05, 4.69) is 27.7 Å². The topological polar surface area (TPSA) is 0 Å². The fourth-order valence-corrected chi connectivity index (χ4v) is 2.80. The normalized spacial score (nSPS) is 11.3. The molecule has 0 spiro atoms. The molecule has 0 saturated heterocycles. The van der Waals surface area contributed by atoms with Crippen molar-refractivity contribution in [2.75, 3.05) is 0 Å². The summed E-state index contributed by atoms with van der Waals surface area (Å²) in [6, 6.07) is 0. The zero-order valence-electron chi connectivity index (χ0n) is 6.98. The van der Waals surface area contributed by atoms with Crippen molar-refractivity contribution in [1.82, 2.24) is 0 Å². The minimum absolute atomic E-state index is 0.907. The van der Waals surface area contributed by atoms with Crippen LogP contribution < -0.4 is 0 Å². The summed E-state index contributed by atoms with van der Waals surface area (Å²) in [5.74, 6) is 0.908. The molecule has 9 heavy (non-hydrogen) atoms. The van der Waals surface area contributed by atoms with Gasteiger partial charge in [-0.1, -0.05) is 0 Å². The van der Waals surface area contributed by atoms with E-state index in [4.69, 9.17) is 0 Å². The first-order chi connectivity index (χ1) is 4.13. The number of rotatable bonds is 4. The third-order valence-electron chi connectivity index (χ3n) is 1.15. The maximum atomic E-state index is 2.32.